The summed E-state index contributed by atoms with van der Waals surface area (Å²) in [4.78, 5) is 28.5. The first-order valence-corrected chi connectivity index (χ1v) is 9.48. The van der Waals surface area contributed by atoms with Gasteiger partial charge >= 0.3 is 0 Å². The molecule has 1 unspecified atom stereocenters. The molecule has 1 aromatic carbocycles. The van der Waals surface area contributed by atoms with Crippen LogP contribution in [-0.4, -0.2) is 52.3 Å². The molecule has 2 aliphatic heterocycles. The molecule has 1 saturated heterocycles. The summed E-state index contributed by atoms with van der Waals surface area (Å²) in [5, 5.41) is 4.39. The minimum absolute atomic E-state index is 0.00382. The molecule has 2 amide bonds. The van der Waals surface area contributed by atoms with Crippen LogP contribution in [0.3, 0.4) is 0 Å². The molecule has 0 spiro atoms. The Labute approximate surface area is 166 Å². The monoisotopic (exact) mass is 406 g/mol. The van der Waals surface area contributed by atoms with Crippen LogP contribution in [0.25, 0.3) is 0 Å². The van der Waals surface area contributed by atoms with E-state index in [2.05, 4.69) is 5.10 Å². The maximum absolute atomic E-state index is 13.3. The Morgan fingerprint density at radius 3 is 2.96 bits per heavy atom. The number of benzene rings is 1. The maximum atomic E-state index is 13.3. The van der Waals surface area contributed by atoms with E-state index in [9.17, 15) is 14.0 Å². The zero-order chi connectivity index (χ0) is 19.8. The largest absolute Gasteiger partial charge is 0.369 e. The minimum atomic E-state index is -0.506. The van der Waals surface area contributed by atoms with Crippen molar-refractivity contribution in [3.8, 4) is 0 Å². The number of hydrogen-bond acceptors (Lipinski definition) is 4. The van der Waals surface area contributed by atoms with E-state index in [1.165, 1.54) is 12.1 Å². The zero-order valence-electron chi connectivity index (χ0n) is 15.4. The lowest BCUT2D eigenvalue weighted by atomic mass is 10.1. The van der Waals surface area contributed by atoms with Gasteiger partial charge in [-0.2, -0.15) is 5.10 Å². The van der Waals surface area contributed by atoms with Crippen molar-refractivity contribution >= 4 is 29.1 Å². The van der Waals surface area contributed by atoms with Gasteiger partial charge in [-0.1, -0.05) is 17.7 Å². The number of aromatic nitrogens is 2. The molecule has 3 heterocycles. The molecule has 0 aliphatic carbocycles. The number of anilines is 1. The molecule has 0 N–H and O–H groups in total. The van der Waals surface area contributed by atoms with Crippen molar-refractivity contribution in [2.75, 3.05) is 24.7 Å². The fourth-order valence-corrected chi connectivity index (χ4v) is 3.86. The molecular formula is C19H20ClFN4O3. The fraction of sp³-hybridized carbons (Fsp3) is 0.421. The summed E-state index contributed by atoms with van der Waals surface area (Å²) in [6.45, 7) is 3.87. The van der Waals surface area contributed by atoms with Gasteiger partial charge in [-0.05, 0) is 24.6 Å². The molecule has 1 atom stereocenters. The third kappa shape index (κ3) is 3.49. The number of carbonyl (C=O) groups is 2. The Balaban J connectivity index is 1.52. The van der Waals surface area contributed by atoms with Crippen molar-refractivity contribution in [1.29, 1.82) is 0 Å². The first-order valence-electron chi connectivity index (χ1n) is 9.10. The summed E-state index contributed by atoms with van der Waals surface area (Å²) in [5.74, 6) is -0.699. The second kappa shape index (κ2) is 7.52. The van der Waals surface area contributed by atoms with Crippen LogP contribution in [0.15, 0.2) is 24.4 Å². The Hall–Kier alpha value is -2.45. The van der Waals surface area contributed by atoms with E-state index in [0.717, 1.165) is 11.4 Å². The molecule has 0 radical (unpaired) electrons. The van der Waals surface area contributed by atoms with Crippen molar-refractivity contribution in [3.63, 3.8) is 0 Å². The van der Waals surface area contributed by atoms with Gasteiger partial charge in [-0.3, -0.25) is 14.3 Å². The van der Waals surface area contributed by atoms with Gasteiger partial charge in [0.15, 0.2) is 0 Å². The topological polar surface area (TPSA) is 67.7 Å². The summed E-state index contributed by atoms with van der Waals surface area (Å²) in [5.41, 5.74) is 2.22. The number of nitrogens with zero attached hydrogens (tertiary/aromatic N) is 4. The van der Waals surface area contributed by atoms with Gasteiger partial charge in [-0.25, -0.2) is 4.39 Å². The summed E-state index contributed by atoms with van der Waals surface area (Å²) >= 11 is 5.81. The van der Waals surface area contributed by atoms with Crippen LogP contribution >= 0.6 is 11.6 Å². The van der Waals surface area contributed by atoms with Gasteiger partial charge in [0.2, 0.25) is 5.91 Å². The molecule has 2 aromatic rings. The third-order valence-electron chi connectivity index (χ3n) is 5.09. The van der Waals surface area contributed by atoms with E-state index in [1.54, 1.807) is 22.1 Å². The highest BCUT2D eigenvalue weighted by molar-refractivity contribution is 6.30. The SMILES string of the molecule is CC1COCC(=O)N1c1cnn2c1CN(C(=O)Cc1ccc(F)c(Cl)c1)CC2. The number of carbonyl (C=O) groups excluding carboxylic acids is 2. The van der Waals surface area contributed by atoms with Gasteiger partial charge in [0, 0.05) is 6.54 Å². The summed E-state index contributed by atoms with van der Waals surface area (Å²) in [6, 6.07) is 4.21. The average molecular weight is 407 g/mol. The maximum Gasteiger partial charge on any atom is 0.253 e. The molecule has 1 fully saturated rings. The van der Waals surface area contributed by atoms with Crippen LogP contribution in [0.4, 0.5) is 10.1 Å². The van der Waals surface area contributed by atoms with E-state index in [-0.39, 0.29) is 35.9 Å². The summed E-state index contributed by atoms with van der Waals surface area (Å²) < 4.78 is 20.5. The van der Waals surface area contributed by atoms with Crippen LogP contribution in [-0.2, 0) is 33.8 Å². The quantitative estimate of drug-likeness (QED) is 0.782. The van der Waals surface area contributed by atoms with E-state index in [0.29, 0.717) is 31.8 Å². The predicted octanol–water partition coefficient (Wildman–Crippen LogP) is 2.01. The molecule has 9 heteroatoms. The van der Waals surface area contributed by atoms with Gasteiger partial charge in [-0.15, -0.1) is 0 Å². The first-order chi connectivity index (χ1) is 13.4. The first kappa shape index (κ1) is 18.9. The fourth-order valence-electron chi connectivity index (χ4n) is 3.66. The Morgan fingerprint density at radius 2 is 2.21 bits per heavy atom. The highest BCUT2D eigenvalue weighted by Gasteiger charge is 2.33. The van der Waals surface area contributed by atoms with Crippen molar-refractivity contribution in [2.24, 2.45) is 0 Å². The molecular weight excluding hydrogens is 387 g/mol. The molecule has 148 valence electrons. The highest BCUT2D eigenvalue weighted by Crippen LogP contribution is 2.28. The molecule has 0 bridgehead atoms. The molecule has 2 aliphatic rings. The van der Waals surface area contributed by atoms with Crippen LogP contribution < -0.4 is 4.90 Å². The number of rotatable bonds is 3. The number of ether oxygens (including phenoxy) is 1. The van der Waals surface area contributed by atoms with E-state index < -0.39 is 5.82 Å². The van der Waals surface area contributed by atoms with Gasteiger partial charge in [0.1, 0.15) is 12.4 Å². The normalized spacial score (nSPS) is 19.7. The van der Waals surface area contributed by atoms with Gasteiger partial charge in [0.05, 0.1) is 54.8 Å². The van der Waals surface area contributed by atoms with E-state index in [4.69, 9.17) is 16.3 Å². The van der Waals surface area contributed by atoms with Gasteiger partial charge < -0.3 is 14.5 Å². The van der Waals surface area contributed by atoms with Crippen LogP contribution in [0.1, 0.15) is 18.2 Å². The third-order valence-corrected chi connectivity index (χ3v) is 5.38. The summed E-state index contributed by atoms with van der Waals surface area (Å²) in [7, 11) is 0. The van der Waals surface area contributed by atoms with Crippen molar-refractivity contribution < 1.29 is 18.7 Å². The van der Waals surface area contributed by atoms with Crippen molar-refractivity contribution in [3.05, 3.63) is 46.5 Å². The standard InChI is InChI=1S/C19H20ClFN4O3/c1-12-10-28-11-19(27)25(12)16-8-22-24-5-4-23(9-17(16)24)18(26)7-13-2-3-15(21)14(20)6-13/h2-3,6,8,12H,4-5,7,9-11H2,1H3. The lowest BCUT2D eigenvalue weighted by Gasteiger charge is -2.35. The van der Waals surface area contributed by atoms with Crippen LogP contribution in [0.2, 0.25) is 5.02 Å². The number of fused-ring (bicyclic) bond motifs is 1. The minimum Gasteiger partial charge on any atom is -0.369 e. The van der Waals surface area contributed by atoms with Crippen molar-refractivity contribution in [2.45, 2.75) is 32.5 Å². The number of halogens is 2. The molecule has 1 aromatic heterocycles. The van der Waals surface area contributed by atoms with E-state index in [1.807, 2.05) is 11.6 Å². The van der Waals surface area contributed by atoms with Crippen LogP contribution in [0.5, 0.6) is 0 Å². The number of amides is 2. The van der Waals surface area contributed by atoms with E-state index >= 15 is 0 Å². The Kier molecular flexibility index (Phi) is 5.07. The average Bonchev–Trinajstić information content (AvgIpc) is 3.07. The molecule has 0 saturated carbocycles. The smallest absolute Gasteiger partial charge is 0.253 e. The summed E-state index contributed by atoms with van der Waals surface area (Å²) in [6.07, 6.45) is 1.82. The number of hydrogen-bond donors (Lipinski definition) is 0. The molecule has 7 nitrogen and oxygen atoms in total. The van der Waals surface area contributed by atoms with Crippen LogP contribution in [0, 0.1) is 5.82 Å². The molecule has 28 heavy (non-hydrogen) atoms. The predicted molar refractivity (Wildman–Crippen MR) is 101 cm³/mol. The lowest BCUT2D eigenvalue weighted by Crippen LogP contribution is -2.49. The molecule has 4 rings (SSSR count). The van der Waals surface area contributed by atoms with Crippen molar-refractivity contribution in [1.82, 2.24) is 14.7 Å². The highest BCUT2D eigenvalue weighted by atomic mass is 35.5. The van der Waals surface area contributed by atoms with Gasteiger partial charge in [0.25, 0.3) is 5.91 Å². The number of morpholine rings is 1. The zero-order valence-corrected chi connectivity index (χ0v) is 16.2. The second-order valence-electron chi connectivity index (χ2n) is 7.07. The second-order valence-corrected chi connectivity index (χ2v) is 7.48. The Bertz CT molecular complexity index is 932. The Morgan fingerprint density at radius 1 is 1.39 bits per heavy atom. The lowest BCUT2D eigenvalue weighted by molar-refractivity contribution is -0.132.